The minimum atomic E-state index is -0.0574. The Morgan fingerprint density at radius 2 is 1.82 bits per heavy atom. The van der Waals surface area contributed by atoms with E-state index in [0.29, 0.717) is 5.69 Å². The van der Waals surface area contributed by atoms with Crippen LogP contribution in [0.3, 0.4) is 0 Å². The van der Waals surface area contributed by atoms with Crippen LogP contribution in [-0.4, -0.2) is 22.2 Å². The van der Waals surface area contributed by atoms with E-state index in [4.69, 9.17) is 9.84 Å². The number of rotatable bonds is 4. The molecule has 0 radical (unpaired) electrons. The van der Waals surface area contributed by atoms with Crippen LogP contribution in [0.1, 0.15) is 17.0 Å². The second-order valence-electron chi connectivity index (χ2n) is 3.68. The summed E-state index contributed by atoms with van der Waals surface area (Å²) in [4.78, 5) is 8.12. The van der Waals surface area contributed by atoms with Crippen molar-refractivity contribution in [2.75, 3.05) is 7.11 Å². The predicted octanol–water partition coefficient (Wildman–Crippen LogP) is 1.57. The van der Waals surface area contributed by atoms with Crippen molar-refractivity contribution in [3.05, 3.63) is 53.6 Å². The highest BCUT2D eigenvalue weighted by Gasteiger charge is 2.00. The number of nitrogens with zero attached hydrogens (tertiary/aromatic N) is 2. The number of hydrogen-bond acceptors (Lipinski definition) is 4. The molecule has 88 valence electrons. The van der Waals surface area contributed by atoms with Gasteiger partial charge in [-0.05, 0) is 23.8 Å². The summed E-state index contributed by atoms with van der Waals surface area (Å²) in [6.07, 6.45) is 2.20. The van der Waals surface area contributed by atoms with Crippen molar-refractivity contribution in [3.63, 3.8) is 0 Å². The molecule has 0 saturated heterocycles. The summed E-state index contributed by atoms with van der Waals surface area (Å²) >= 11 is 0. The fraction of sp³-hybridized carbons (Fsp3) is 0.231. The van der Waals surface area contributed by atoms with Gasteiger partial charge in [-0.1, -0.05) is 12.1 Å². The minimum Gasteiger partial charge on any atom is -0.497 e. The first-order chi connectivity index (χ1) is 8.31. The number of ether oxygens (including phenoxy) is 1. The average molecular weight is 230 g/mol. The molecule has 0 spiro atoms. The molecule has 1 aromatic heterocycles. The highest BCUT2D eigenvalue weighted by Crippen LogP contribution is 2.14. The van der Waals surface area contributed by atoms with Gasteiger partial charge in [-0.15, -0.1) is 0 Å². The van der Waals surface area contributed by atoms with Crippen molar-refractivity contribution in [2.24, 2.45) is 0 Å². The van der Waals surface area contributed by atoms with E-state index in [1.54, 1.807) is 7.11 Å². The van der Waals surface area contributed by atoms with Gasteiger partial charge in [0.1, 0.15) is 12.1 Å². The van der Waals surface area contributed by atoms with Gasteiger partial charge in [0.2, 0.25) is 0 Å². The second-order valence-corrected chi connectivity index (χ2v) is 3.68. The van der Waals surface area contributed by atoms with Crippen molar-refractivity contribution in [3.8, 4) is 5.75 Å². The van der Waals surface area contributed by atoms with E-state index in [2.05, 4.69) is 9.97 Å². The van der Waals surface area contributed by atoms with Gasteiger partial charge in [-0.3, -0.25) is 0 Å². The molecule has 1 heterocycles. The SMILES string of the molecule is COc1ccc(Cc2cc(CO)ncn2)cc1. The van der Waals surface area contributed by atoms with Crippen LogP contribution < -0.4 is 4.74 Å². The smallest absolute Gasteiger partial charge is 0.118 e. The second kappa shape index (κ2) is 5.41. The van der Waals surface area contributed by atoms with Crippen LogP contribution in [0.2, 0.25) is 0 Å². The third-order valence-corrected chi connectivity index (χ3v) is 2.49. The lowest BCUT2D eigenvalue weighted by Crippen LogP contribution is -1.97. The summed E-state index contributed by atoms with van der Waals surface area (Å²) in [7, 11) is 1.65. The maximum Gasteiger partial charge on any atom is 0.118 e. The molecule has 0 saturated carbocycles. The summed E-state index contributed by atoms with van der Waals surface area (Å²) in [6.45, 7) is -0.0574. The van der Waals surface area contributed by atoms with Crippen LogP contribution >= 0.6 is 0 Å². The topological polar surface area (TPSA) is 55.2 Å². The standard InChI is InChI=1S/C13H14N2O2/c1-17-13-4-2-10(3-5-13)6-11-7-12(8-16)15-9-14-11/h2-5,7,9,16H,6,8H2,1H3. The van der Waals surface area contributed by atoms with E-state index < -0.39 is 0 Å². The number of aromatic nitrogens is 2. The molecule has 1 aromatic carbocycles. The van der Waals surface area contributed by atoms with Gasteiger partial charge in [0.25, 0.3) is 0 Å². The number of methoxy groups -OCH3 is 1. The van der Waals surface area contributed by atoms with Gasteiger partial charge in [-0.25, -0.2) is 9.97 Å². The van der Waals surface area contributed by atoms with Gasteiger partial charge < -0.3 is 9.84 Å². The van der Waals surface area contributed by atoms with Crippen LogP contribution in [0.5, 0.6) is 5.75 Å². The van der Waals surface area contributed by atoms with Crippen molar-refractivity contribution in [1.29, 1.82) is 0 Å². The van der Waals surface area contributed by atoms with Crippen LogP contribution in [0, 0.1) is 0 Å². The summed E-state index contributed by atoms with van der Waals surface area (Å²) in [5.41, 5.74) is 2.69. The Balaban J connectivity index is 2.13. The Kier molecular flexibility index (Phi) is 3.67. The number of benzene rings is 1. The number of aliphatic hydroxyl groups excluding tert-OH is 1. The molecular weight excluding hydrogens is 216 g/mol. The molecule has 17 heavy (non-hydrogen) atoms. The summed E-state index contributed by atoms with van der Waals surface area (Å²) < 4.78 is 5.10. The van der Waals surface area contributed by atoms with E-state index in [1.807, 2.05) is 30.3 Å². The summed E-state index contributed by atoms with van der Waals surface area (Å²) in [5, 5.41) is 8.99. The van der Waals surface area contributed by atoms with Crippen LogP contribution in [0.4, 0.5) is 0 Å². The molecule has 0 fully saturated rings. The lowest BCUT2D eigenvalue weighted by atomic mass is 10.1. The van der Waals surface area contributed by atoms with Crippen molar-refractivity contribution >= 4 is 0 Å². The van der Waals surface area contributed by atoms with Gasteiger partial charge in [-0.2, -0.15) is 0 Å². The maximum atomic E-state index is 8.99. The molecule has 0 aliphatic rings. The Morgan fingerprint density at radius 1 is 1.12 bits per heavy atom. The zero-order valence-corrected chi connectivity index (χ0v) is 9.63. The average Bonchev–Trinajstić information content (AvgIpc) is 2.40. The first-order valence-corrected chi connectivity index (χ1v) is 5.35. The fourth-order valence-corrected chi connectivity index (χ4v) is 1.58. The van der Waals surface area contributed by atoms with Crippen molar-refractivity contribution in [1.82, 2.24) is 9.97 Å². The molecule has 0 aliphatic carbocycles. The Hall–Kier alpha value is -1.94. The highest BCUT2D eigenvalue weighted by atomic mass is 16.5. The Bertz CT molecular complexity index is 483. The molecule has 0 amide bonds. The summed E-state index contributed by atoms with van der Waals surface area (Å²) in [5.74, 6) is 0.840. The van der Waals surface area contributed by atoms with Crippen LogP contribution in [-0.2, 0) is 13.0 Å². The molecule has 0 unspecified atom stereocenters. The van der Waals surface area contributed by atoms with Crippen LogP contribution in [0.25, 0.3) is 0 Å². The zero-order valence-electron chi connectivity index (χ0n) is 9.63. The zero-order chi connectivity index (χ0) is 12.1. The van der Waals surface area contributed by atoms with E-state index >= 15 is 0 Å². The maximum absolute atomic E-state index is 8.99. The van der Waals surface area contributed by atoms with Gasteiger partial charge in [0.05, 0.1) is 19.4 Å². The molecular formula is C13H14N2O2. The van der Waals surface area contributed by atoms with Crippen molar-refractivity contribution in [2.45, 2.75) is 13.0 Å². The number of hydrogen-bond donors (Lipinski definition) is 1. The normalized spacial score (nSPS) is 10.2. The van der Waals surface area contributed by atoms with E-state index in [1.165, 1.54) is 6.33 Å². The predicted molar refractivity (Wildman–Crippen MR) is 63.8 cm³/mol. The molecule has 0 aliphatic heterocycles. The molecule has 2 aromatic rings. The third kappa shape index (κ3) is 3.01. The van der Waals surface area contributed by atoms with Crippen molar-refractivity contribution < 1.29 is 9.84 Å². The first-order valence-electron chi connectivity index (χ1n) is 5.35. The lowest BCUT2D eigenvalue weighted by molar-refractivity contribution is 0.276. The third-order valence-electron chi connectivity index (χ3n) is 2.49. The minimum absolute atomic E-state index is 0.0574. The molecule has 1 N–H and O–H groups in total. The lowest BCUT2D eigenvalue weighted by Gasteiger charge is -2.04. The largest absolute Gasteiger partial charge is 0.497 e. The molecule has 0 atom stereocenters. The van der Waals surface area contributed by atoms with Crippen LogP contribution in [0.15, 0.2) is 36.7 Å². The molecule has 0 bridgehead atoms. The molecule has 4 nitrogen and oxygen atoms in total. The quantitative estimate of drug-likeness (QED) is 0.866. The Morgan fingerprint density at radius 3 is 2.47 bits per heavy atom. The van der Waals surface area contributed by atoms with Gasteiger partial charge >= 0.3 is 0 Å². The monoisotopic (exact) mass is 230 g/mol. The Labute approximate surface area is 99.9 Å². The highest BCUT2D eigenvalue weighted by molar-refractivity contribution is 5.29. The molecule has 4 heteroatoms. The first kappa shape index (κ1) is 11.5. The van der Waals surface area contributed by atoms with E-state index in [0.717, 1.165) is 23.4 Å². The summed E-state index contributed by atoms with van der Waals surface area (Å²) in [6, 6.07) is 9.65. The molecule has 2 rings (SSSR count). The fourth-order valence-electron chi connectivity index (χ4n) is 1.58. The van der Waals surface area contributed by atoms with E-state index in [-0.39, 0.29) is 6.61 Å². The van der Waals surface area contributed by atoms with E-state index in [9.17, 15) is 0 Å². The number of aliphatic hydroxyl groups is 1. The van der Waals surface area contributed by atoms with Gasteiger partial charge in [0.15, 0.2) is 0 Å². The van der Waals surface area contributed by atoms with Gasteiger partial charge in [0, 0.05) is 12.1 Å².